The number of anilines is 1. The van der Waals surface area contributed by atoms with Crippen molar-refractivity contribution in [2.24, 2.45) is 5.92 Å². The molecule has 42 heavy (non-hydrogen) atoms. The number of benzene rings is 3. The van der Waals surface area contributed by atoms with Crippen LogP contribution in [0.4, 0.5) is 10.1 Å². The van der Waals surface area contributed by atoms with E-state index in [9.17, 15) is 19.1 Å². The Balaban J connectivity index is 1.39. The fraction of sp³-hybridized carbons (Fsp3) is 0.394. The molecule has 6 atom stereocenters. The maximum Gasteiger partial charge on any atom is 0.308 e. The van der Waals surface area contributed by atoms with Crippen molar-refractivity contribution >= 4 is 17.6 Å². The van der Waals surface area contributed by atoms with Gasteiger partial charge in [0.2, 0.25) is 5.60 Å². The van der Waals surface area contributed by atoms with E-state index >= 15 is 0 Å². The van der Waals surface area contributed by atoms with Crippen molar-refractivity contribution in [3.8, 4) is 0 Å². The molecule has 4 heterocycles. The number of ether oxygens (including phenoxy) is 3. The van der Waals surface area contributed by atoms with Crippen molar-refractivity contribution in [1.29, 1.82) is 0 Å². The second-order valence-corrected chi connectivity index (χ2v) is 11.9. The van der Waals surface area contributed by atoms with Crippen LogP contribution in [-0.4, -0.2) is 52.0 Å². The minimum atomic E-state index is -1.46. The number of hydrogen-bond donors (Lipinski definition) is 2. The van der Waals surface area contributed by atoms with Crippen molar-refractivity contribution in [1.82, 2.24) is 4.90 Å². The third-order valence-electron chi connectivity index (χ3n) is 9.24. The predicted molar refractivity (Wildman–Crippen MR) is 150 cm³/mol. The lowest BCUT2D eigenvalue weighted by atomic mass is 9.76. The molecule has 4 aliphatic rings. The molecule has 4 aliphatic heterocycles. The molecule has 0 aliphatic carbocycles. The summed E-state index contributed by atoms with van der Waals surface area (Å²) in [5, 5.41) is 13.3. The third kappa shape index (κ3) is 3.48. The van der Waals surface area contributed by atoms with E-state index in [4.69, 9.17) is 14.2 Å². The molecule has 1 amide bonds. The minimum Gasteiger partial charge on any atom is -0.462 e. The average molecular weight is 573 g/mol. The summed E-state index contributed by atoms with van der Waals surface area (Å²) in [5.41, 5.74) is -2.89. The number of esters is 1. The summed E-state index contributed by atoms with van der Waals surface area (Å²) >= 11 is 0. The predicted octanol–water partition coefficient (Wildman–Crippen LogP) is 4.44. The SMILES string of the molecule is CC(C)[C@@]12O[C@@]1(C(=O)Nc1ccccc1)[C@@]1(c3ccccc3)O[C@]1(c1ccc(F)cc1)N2CC[C@@H]1C[C@@H](O)CC(=O)O1. The van der Waals surface area contributed by atoms with Gasteiger partial charge in [0.15, 0.2) is 17.1 Å². The molecule has 3 aromatic rings. The van der Waals surface area contributed by atoms with Gasteiger partial charge in [0.25, 0.3) is 5.91 Å². The molecule has 3 aromatic carbocycles. The van der Waals surface area contributed by atoms with Crippen molar-refractivity contribution in [3.05, 3.63) is 102 Å². The second kappa shape index (κ2) is 9.44. The van der Waals surface area contributed by atoms with Crippen molar-refractivity contribution in [2.45, 2.75) is 68.0 Å². The molecule has 4 fully saturated rings. The molecule has 8 nitrogen and oxygen atoms in total. The molecule has 0 radical (unpaired) electrons. The number of cyclic esters (lactones) is 1. The Morgan fingerprint density at radius 3 is 2.31 bits per heavy atom. The Labute approximate surface area is 243 Å². The first kappa shape index (κ1) is 27.2. The molecule has 0 spiro atoms. The number of fused-ring (bicyclic) bond motifs is 3. The van der Waals surface area contributed by atoms with Gasteiger partial charge in [0, 0.05) is 24.2 Å². The van der Waals surface area contributed by atoms with Crippen LogP contribution in [0.5, 0.6) is 0 Å². The zero-order valence-electron chi connectivity index (χ0n) is 23.5. The number of epoxide rings is 2. The quantitative estimate of drug-likeness (QED) is 0.304. The van der Waals surface area contributed by atoms with Gasteiger partial charge >= 0.3 is 5.97 Å². The molecule has 0 unspecified atom stereocenters. The highest BCUT2D eigenvalue weighted by Gasteiger charge is 3.06. The van der Waals surface area contributed by atoms with Crippen LogP contribution in [0.1, 0.15) is 44.2 Å². The Morgan fingerprint density at radius 2 is 1.67 bits per heavy atom. The molecule has 0 bridgehead atoms. The number of likely N-dealkylation sites (tertiary alicyclic amines) is 1. The minimum absolute atomic E-state index is 0.0260. The molecule has 0 aromatic heterocycles. The van der Waals surface area contributed by atoms with Gasteiger partial charge in [-0.2, -0.15) is 0 Å². The highest BCUT2D eigenvalue weighted by molar-refractivity contribution is 6.03. The first-order valence-corrected chi connectivity index (χ1v) is 14.4. The van der Waals surface area contributed by atoms with Crippen LogP contribution in [0.15, 0.2) is 84.9 Å². The number of carbonyl (C=O) groups is 2. The van der Waals surface area contributed by atoms with Crippen molar-refractivity contribution in [3.63, 3.8) is 0 Å². The summed E-state index contributed by atoms with van der Waals surface area (Å²) in [6.45, 7) is 4.35. The Morgan fingerprint density at radius 1 is 1.00 bits per heavy atom. The Bertz CT molecular complexity index is 1520. The maximum absolute atomic E-state index is 14.6. The van der Waals surface area contributed by atoms with Crippen LogP contribution in [-0.2, 0) is 35.1 Å². The number of amides is 1. The van der Waals surface area contributed by atoms with Gasteiger partial charge in [-0.1, -0.05) is 74.5 Å². The number of nitrogens with zero attached hydrogens (tertiary/aromatic N) is 1. The summed E-state index contributed by atoms with van der Waals surface area (Å²) in [4.78, 5) is 28.8. The van der Waals surface area contributed by atoms with Gasteiger partial charge in [-0.25, -0.2) is 9.29 Å². The standard InChI is InChI=1S/C33H33FN2O6/c1-21(2)32-31(42-32,29(39)35-25-11-7-4-8-12-25)30(22-9-5-3-6-10-22)33(41-30,23-13-15-24(34)16-14-23)36(32)18-17-27-19-26(37)20-28(38)40-27/h3-16,21,26-27,37H,17-20H2,1-2H3,(H,35,39)/t26-,27-,30-,31+,32-,33+/m1/s1. The topological polar surface area (TPSA) is 104 Å². The monoisotopic (exact) mass is 572 g/mol. The lowest BCUT2D eigenvalue weighted by Crippen LogP contribution is -2.52. The first-order chi connectivity index (χ1) is 20.2. The fourth-order valence-electron chi connectivity index (χ4n) is 7.57. The molecule has 218 valence electrons. The van der Waals surface area contributed by atoms with Crippen molar-refractivity contribution in [2.75, 3.05) is 11.9 Å². The van der Waals surface area contributed by atoms with Gasteiger partial charge in [0.05, 0.1) is 12.5 Å². The van der Waals surface area contributed by atoms with Gasteiger partial charge in [-0.15, -0.1) is 0 Å². The maximum atomic E-state index is 14.6. The lowest BCUT2D eigenvalue weighted by Gasteiger charge is -2.36. The summed E-state index contributed by atoms with van der Waals surface area (Å²) in [5.74, 6) is -1.33. The summed E-state index contributed by atoms with van der Waals surface area (Å²) in [6.07, 6.45) is -0.597. The van der Waals surface area contributed by atoms with Crippen molar-refractivity contribution < 1.29 is 33.3 Å². The van der Waals surface area contributed by atoms with Gasteiger partial charge in [0.1, 0.15) is 11.9 Å². The van der Waals surface area contributed by atoms with Gasteiger partial charge in [-0.05, 0) is 42.2 Å². The number of para-hydroxylation sites is 1. The van der Waals surface area contributed by atoms with E-state index in [2.05, 4.69) is 10.2 Å². The summed E-state index contributed by atoms with van der Waals surface area (Å²) in [6, 6.07) is 24.9. The van der Waals surface area contributed by atoms with E-state index in [0.29, 0.717) is 30.6 Å². The number of aliphatic hydroxyl groups excluding tert-OH is 1. The van der Waals surface area contributed by atoms with Gasteiger partial charge in [-0.3, -0.25) is 9.59 Å². The normalized spacial score (nSPS) is 34.8. The fourth-order valence-corrected chi connectivity index (χ4v) is 7.57. The zero-order chi connectivity index (χ0) is 29.3. The number of nitrogens with one attached hydrogen (secondary N) is 1. The Kier molecular flexibility index (Phi) is 6.12. The molecule has 2 N–H and O–H groups in total. The highest BCUT2D eigenvalue weighted by Crippen LogP contribution is 2.86. The van der Waals surface area contributed by atoms with Gasteiger partial charge < -0.3 is 24.6 Å². The average Bonchev–Trinajstić information content (AvgIpc) is 3.86. The van der Waals surface area contributed by atoms with Crippen LogP contribution in [0.2, 0.25) is 0 Å². The third-order valence-corrected chi connectivity index (χ3v) is 9.24. The second-order valence-electron chi connectivity index (χ2n) is 11.9. The number of hydrogen-bond acceptors (Lipinski definition) is 7. The van der Waals surface area contributed by atoms with E-state index in [-0.39, 0.29) is 24.1 Å². The van der Waals surface area contributed by atoms with Crippen LogP contribution < -0.4 is 5.32 Å². The molecule has 4 saturated heterocycles. The van der Waals surface area contributed by atoms with E-state index in [0.717, 1.165) is 5.56 Å². The Hall–Kier alpha value is -3.63. The number of rotatable bonds is 8. The van der Waals surface area contributed by atoms with E-state index in [1.54, 1.807) is 12.1 Å². The van der Waals surface area contributed by atoms with Crippen LogP contribution in [0, 0.1) is 11.7 Å². The van der Waals surface area contributed by atoms with Crippen LogP contribution in [0.25, 0.3) is 0 Å². The molecular weight excluding hydrogens is 539 g/mol. The number of carbonyl (C=O) groups excluding carboxylic acids is 2. The molecule has 0 saturated carbocycles. The molecule has 7 rings (SSSR count). The summed E-state index contributed by atoms with van der Waals surface area (Å²) < 4.78 is 33.4. The first-order valence-electron chi connectivity index (χ1n) is 14.4. The highest BCUT2D eigenvalue weighted by atomic mass is 19.1. The largest absolute Gasteiger partial charge is 0.462 e. The molecule has 9 heteroatoms. The number of halogens is 1. The van der Waals surface area contributed by atoms with Crippen LogP contribution >= 0.6 is 0 Å². The van der Waals surface area contributed by atoms with E-state index in [1.165, 1.54) is 12.1 Å². The van der Waals surface area contributed by atoms with Crippen LogP contribution in [0.3, 0.4) is 0 Å². The molecular formula is C33H33FN2O6. The van der Waals surface area contributed by atoms with E-state index in [1.807, 2.05) is 74.5 Å². The number of aliphatic hydroxyl groups is 1. The smallest absolute Gasteiger partial charge is 0.308 e. The van der Waals surface area contributed by atoms with E-state index < -0.39 is 40.8 Å². The lowest BCUT2D eigenvalue weighted by molar-refractivity contribution is -0.161. The summed E-state index contributed by atoms with van der Waals surface area (Å²) in [7, 11) is 0. The zero-order valence-corrected chi connectivity index (χ0v) is 23.5.